The number of carboxylic acid groups (broad SMARTS) is 1. The van der Waals surface area contributed by atoms with E-state index < -0.39 is 5.97 Å². The van der Waals surface area contributed by atoms with Crippen LogP contribution in [0.25, 0.3) is 11.1 Å². The molecule has 0 atom stereocenters. The third-order valence-corrected chi connectivity index (χ3v) is 4.81. The highest BCUT2D eigenvalue weighted by Gasteiger charge is 2.09. The number of carboxylic acids is 1. The molecule has 3 aromatic rings. The Morgan fingerprint density at radius 3 is 2.57 bits per heavy atom. The average Bonchev–Trinajstić information content (AvgIpc) is 2.69. The molecule has 0 amide bonds. The lowest BCUT2D eigenvalue weighted by Crippen LogP contribution is -2.21. The molecule has 0 spiro atoms. The van der Waals surface area contributed by atoms with Gasteiger partial charge < -0.3 is 15.2 Å². The Hall–Kier alpha value is -2.82. The number of hydrogen-bond donors (Lipinski definition) is 2. The van der Waals surface area contributed by atoms with Crippen molar-refractivity contribution in [1.82, 2.24) is 5.32 Å². The molecule has 0 bridgehead atoms. The zero-order chi connectivity index (χ0) is 19.9. The summed E-state index contributed by atoms with van der Waals surface area (Å²) in [7, 11) is 0. The number of nitrogens with one attached hydrogen (secondary N) is 1. The summed E-state index contributed by atoms with van der Waals surface area (Å²) in [6.45, 7) is 2.86. The number of benzene rings is 3. The molecule has 0 fully saturated rings. The van der Waals surface area contributed by atoms with Crippen LogP contribution < -0.4 is 10.1 Å². The second-order valence-corrected chi connectivity index (χ2v) is 6.91. The van der Waals surface area contributed by atoms with Crippen molar-refractivity contribution in [3.63, 3.8) is 0 Å². The van der Waals surface area contributed by atoms with Crippen LogP contribution in [0.3, 0.4) is 0 Å². The highest BCUT2D eigenvalue weighted by atomic mass is 35.5. The van der Waals surface area contributed by atoms with E-state index >= 15 is 0 Å². The summed E-state index contributed by atoms with van der Waals surface area (Å²) in [5.74, 6) is -0.285. The standard InChI is InChI=1S/C23H22ClNO3/c1-16-19(8-5-9-20(16)18-6-3-2-4-7-18)15-28-22-11-10-17(12-21(22)24)13-25-14-23(26)27/h2-12,25H,13-15H2,1H3,(H,26,27). The molecule has 0 saturated carbocycles. The van der Waals surface area contributed by atoms with Crippen LogP contribution in [0.1, 0.15) is 16.7 Å². The lowest BCUT2D eigenvalue weighted by atomic mass is 9.97. The van der Waals surface area contributed by atoms with E-state index in [1.807, 2.05) is 36.4 Å². The Morgan fingerprint density at radius 1 is 1.07 bits per heavy atom. The molecule has 0 aliphatic heterocycles. The Kier molecular flexibility index (Phi) is 6.69. The van der Waals surface area contributed by atoms with Crippen LogP contribution in [0.4, 0.5) is 0 Å². The number of aliphatic carboxylic acids is 1. The van der Waals surface area contributed by atoms with Crippen molar-refractivity contribution < 1.29 is 14.6 Å². The quantitative estimate of drug-likeness (QED) is 0.559. The van der Waals surface area contributed by atoms with E-state index in [2.05, 4.69) is 36.5 Å². The van der Waals surface area contributed by atoms with Gasteiger partial charge in [0.2, 0.25) is 0 Å². The molecule has 3 aromatic carbocycles. The van der Waals surface area contributed by atoms with Gasteiger partial charge in [0.1, 0.15) is 12.4 Å². The molecule has 5 heteroatoms. The number of ether oxygens (including phenoxy) is 1. The van der Waals surface area contributed by atoms with E-state index in [9.17, 15) is 4.79 Å². The molecule has 0 aromatic heterocycles. The number of halogens is 1. The van der Waals surface area contributed by atoms with Crippen LogP contribution in [-0.4, -0.2) is 17.6 Å². The molecule has 0 saturated heterocycles. The lowest BCUT2D eigenvalue weighted by Gasteiger charge is -2.14. The summed E-state index contributed by atoms with van der Waals surface area (Å²) in [4.78, 5) is 10.6. The molecule has 0 aliphatic carbocycles. The van der Waals surface area contributed by atoms with E-state index in [0.717, 1.165) is 11.1 Å². The number of carbonyl (C=O) groups is 1. The zero-order valence-electron chi connectivity index (χ0n) is 15.6. The van der Waals surface area contributed by atoms with Gasteiger partial charge in [-0.1, -0.05) is 66.2 Å². The highest BCUT2D eigenvalue weighted by Crippen LogP contribution is 2.29. The minimum Gasteiger partial charge on any atom is -0.487 e. The third-order valence-electron chi connectivity index (χ3n) is 4.52. The molecule has 4 nitrogen and oxygen atoms in total. The van der Waals surface area contributed by atoms with Crippen molar-refractivity contribution >= 4 is 17.6 Å². The SMILES string of the molecule is Cc1c(COc2ccc(CNCC(=O)O)cc2Cl)cccc1-c1ccccc1. The highest BCUT2D eigenvalue weighted by molar-refractivity contribution is 6.32. The molecule has 0 unspecified atom stereocenters. The van der Waals surface area contributed by atoms with Gasteiger partial charge in [0.25, 0.3) is 0 Å². The summed E-state index contributed by atoms with van der Waals surface area (Å²) in [6, 6.07) is 22.0. The van der Waals surface area contributed by atoms with Gasteiger partial charge in [-0.3, -0.25) is 4.79 Å². The van der Waals surface area contributed by atoms with Crippen molar-refractivity contribution in [2.24, 2.45) is 0 Å². The first-order chi connectivity index (χ1) is 13.5. The molecule has 0 aliphatic rings. The third kappa shape index (κ3) is 5.12. The van der Waals surface area contributed by atoms with Crippen LogP contribution in [0.2, 0.25) is 5.02 Å². The predicted molar refractivity (Wildman–Crippen MR) is 112 cm³/mol. The molecular formula is C23H22ClNO3. The fourth-order valence-electron chi connectivity index (χ4n) is 3.01. The Morgan fingerprint density at radius 2 is 1.86 bits per heavy atom. The zero-order valence-corrected chi connectivity index (χ0v) is 16.4. The molecule has 144 valence electrons. The van der Waals surface area contributed by atoms with Crippen molar-refractivity contribution in [2.75, 3.05) is 6.54 Å². The molecule has 0 heterocycles. The summed E-state index contributed by atoms with van der Waals surface area (Å²) in [6.07, 6.45) is 0. The lowest BCUT2D eigenvalue weighted by molar-refractivity contribution is -0.135. The Labute approximate surface area is 169 Å². The summed E-state index contributed by atoms with van der Waals surface area (Å²) >= 11 is 6.33. The van der Waals surface area contributed by atoms with Gasteiger partial charge in [0.15, 0.2) is 0 Å². The van der Waals surface area contributed by atoms with E-state index in [1.54, 1.807) is 6.07 Å². The maximum Gasteiger partial charge on any atom is 0.317 e. The Bertz CT molecular complexity index is 957. The van der Waals surface area contributed by atoms with Gasteiger partial charge in [-0.25, -0.2) is 0 Å². The first kappa shape index (κ1) is 19.9. The van der Waals surface area contributed by atoms with Crippen molar-refractivity contribution in [3.8, 4) is 16.9 Å². The van der Waals surface area contributed by atoms with E-state index in [4.69, 9.17) is 21.4 Å². The monoisotopic (exact) mass is 395 g/mol. The molecule has 3 rings (SSSR count). The number of hydrogen-bond acceptors (Lipinski definition) is 3. The van der Waals surface area contributed by atoms with Gasteiger partial charge in [-0.2, -0.15) is 0 Å². The first-order valence-corrected chi connectivity index (χ1v) is 9.40. The predicted octanol–water partition coefficient (Wildman–Crippen LogP) is 5.07. The fourth-order valence-corrected chi connectivity index (χ4v) is 3.27. The van der Waals surface area contributed by atoms with Crippen LogP contribution >= 0.6 is 11.6 Å². The fraction of sp³-hybridized carbons (Fsp3) is 0.174. The van der Waals surface area contributed by atoms with Crippen LogP contribution in [0, 0.1) is 6.92 Å². The normalized spacial score (nSPS) is 10.6. The molecule has 0 radical (unpaired) electrons. The number of rotatable bonds is 8. The van der Waals surface area contributed by atoms with Crippen molar-refractivity contribution in [2.45, 2.75) is 20.1 Å². The summed E-state index contributed by atoms with van der Waals surface area (Å²) < 4.78 is 5.95. The van der Waals surface area contributed by atoms with Crippen LogP contribution in [0.15, 0.2) is 66.7 Å². The van der Waals surface area contributed by atoms with E-state index in [-0.39, 0.29) is 6.54 Å². The van der Waals surface area contributed by atoms with Crippen molar-refractivity contribution in [3.05, 3.63) is 88.4 Å². The van der Waals surface area contributed by atoms with Gasteiger partial charge >= 0.3 is 5.97 Å². The Balaban J connectivity index is 1.68. The molecule has 28 heavy (non-hydrogen) atoms. The minimum absolute atomic E-state index is 0.0904. The van der Waals surface area contributed by atoms with Crippen LogP contribution in [-0.2, 0) is 17.9 Å². The van der Waals surface area contributed by atoms with Gasteiger partial charge in [-0.15, -0.1) is 0 Å². The van der Waals surface area contributed by atoms with Gasteiger partial charge in [0, 0.05) is 6.54 Å². The minimum atomic E-state index is -0.890. The summed E-state index contributed by atoms with van der Waals surface area (Å²) in [5, 5.41) is 12.0. The summed E-state index contributed by atoms with van der Waals surface area (Å²) in [5.41, 5.74) is 5.55. The maximum absolute atomic E-state index is 10.6. The second-order valence-electron chi connectivity index (χ2n) is 6.51. The van der Waals surface area contributed by atoms with E-state index in [1.165, 1.54) is 16.7 Å². The van der Waals surface area contributed by atoms with Gasteiger partial charge in [0.05, 0.1) is 11.6 Å². The van der Waals surface area contributed by atoms with Crippen LogP contribution in [0.5, 0.6) is 5.75 Å². The average molecular weight is 396 g/mol. The largest absolute Gasteiger partial charge is 0.487 e. The first-order valence-electron chi connectivity index (χ1n) is 9.02. The van der Waals surface area contributed by atoms with Crippen molar-refractivity contribution in [1.29, 1.82) is 0 Å². The molecule has 2 N–H and O–H groups in total. The second kappa shape index (κ2) is 9.40. The topological polar surface area (TPSA) is 58.6 Å². The maximum atomic E-state index is 10.6. The van der Waals surface area contributed by atoms with Gasteiger partial charge in [-0.05, 0) is 46.9 Å². The smallest absolute Gasteiger partial charge is 0.317 e. The molecular weight excluding hydrogens is 374 g/mol. The van der Waals surface area contributed by atoms with E-state index in [0.29, 0.717) is 23.9 Å².